The fourth-order valence-corrected chi connectivity index (χ4v) is 4.03. The second-order valence-electron chi connectivity index (χ2n) is 8.49. The van der Waals surface area contributed by atoms with Crippen LogP contribution in [0.15, 0.2) is 24.3 Å². The number of anilines is 1. The van der Waals surface area contributed by atoms with Gasteiger partial charge in [-0.05, 0) is 45.2 Å². The van der Waals surface area contributed by atoms with Crippen LogP contribution in [0, 0.1) is 0 Å². The van der Waals surface area contributed by atoms with Crippen LogP contribution in [-0.4, -0.2) is 79.0 Å². The maximum absolute atomic E-state index is 12.7. The molecule has 0 spiro atoms. The van der Waals surface area contributed by atoms with Crippen molar-refractivity contribution in [1.82, 2.24) is 20.4 Å². The Kier molecular flexibility index (Phi) is 10.6. The molecule has 1 fully saturated rings. The summed E-state index contributed by atoms with van der Waals surface area (Å²) >= 11 is 0. The summed E-state index contributed by atoms with van der Waals surface area (Å²) in [6, 6.07) is 6.25. The van der Waals surface area contributed by atoms with Crippen LogP contribution < -0.4 is 16.0 Å². The van der Waals surface area contributed by atoms with Gasteiger partial charge in [0.15, 0.2) is 0 Å². The standard InChI is InChI=1S/C24H37N5O5/c1-5-34-23(32)18(3)27-24(33)26-17(2)14-22(31)28-12-10-20(11-13-28)29(16-30)15-19-8-6-7-9-21(19)25-4/h6-9,16-18,20,25H,5,10-15H2,1-4H3,(H2,26,27,33). The van der Waals surface area contributed by atoms with Crippen molar-refractivity contribution in [2.45, 2.75) is 64.7 Å². The van der Waals surface area contributed by atoms with E-state index in [1.54, 1.807) is 23.6 Å². The van der Waals surface area contributed by atoms with E-state index in [4.69, 9.17) is 4.74 Å². The number of nitrogens with zero attached hydrogens (tertiary/aromatic N) is 2. The zero-order valence-electron chi connectivity index (χ0n) is 20.5. The molecule has 10 heteroatoms. The average Bonchev–Trinajstić information content (AvgIpc) is 2.82. The Hall–Kier alpha value is -3.30. The Balaban J connectivity index is 1.79. The quantitative estimate of drug-likeness (QED) is 0.331. The summed E-state index contributed by atoms with van der Waals surface area (Å²) in [6.07, 6.45) is 2.44. The van der Waals surface area contributed by atoms with E-state index in [0.29, 0.717) is 32.5 Å². The minimum atomic E-state index is -0.775. The maximum atomic E-state index is 12.7. The molecule has 3 N–H and O–H groups in total. The molecule has 1 aliphatic rings. The Bertz CT molecular complexity index is 841. The number of carbonyl (C=O) groups is 4. The lowest BCUT2D eigenvalue weighted by atomic mass is 10.0. The van der Waals surface area contributed by atoms with Gasteiger partial charge in [0.2, 0.25) is 12.3 Å². The Labute approximate surface area is 201 Å². The first-order chi connectivity index (χ1) is 16.3. The summed E-state index contributed by atoms with van der Waals surface area (Å²) in [5.41, 5.74) is 2.04. The van der Waals surface area contributed by atoms with Gasteiger partial charge >= 0.3 is 12.0 Å². The fraction of sp³-hybridized carbons (Fsp3) is 0.583. The molecule has 1 aromatic rings. The molecule has 34 heavy (non-hydrogen) atoms. The number of benzene rings is 1. The predicted molar refractivity (Wildman–Crippen MR) is 129 cm³/mol. The predicted octanol–water partition coefficient (Wildman–Crippen LogP) is 1.71. The molecule has 1 aromatic carbocycles. The number of hydrogen-bond acceptors (Lipinski definition) is 6. The number of likely N-dealkylation sites (tertiary alicyclic amines) is 1. The molecule has 10 nitrogen and oxygen atoms in total. The van der Waals surface area contributed by atoms with Gasteiger partial charge in [-0.25, -0.2) is 9.59 Å². The van der Waals surface area contributed by atoms with Crippen LogP contribution in [0.4, 0.5) is 10.5 Å². The monoisotopic (exact) mass is 475 g/mol. The first-order valence-electron chi connectivity index (χ1n) is 11.8. The molecule has 2 rings (SSSR count). The van der Waals surface area contributed by atoms with Gasteiger partial charge < -0.3 is 30.5 Å². The van der Waals surface area contributed by atoms with E-state index in [1.807, 2.05) is 31.3 Å². The zero-order valence-corrected chi connectivity index (χ0v) is 20.5. The van der Waals surface area contributed by atoms with Gasteiger partial charge in [-0.15, -0.1) is 0 Å². The molecule has 0 radical (unpaired) electrons. The molecule has 2 atom stereocenters. The normalized spacial score (nSPS) is 15.6. The summed E-state index contributed by atoms with van der Waals surface area (Å²) in [6.45, 7) is 6.84. The highest BCUT2D eigenvalue weighted by atomic mass is 16.5. The van der Waals surface area contributed by atoms with Crippen LogP contribution in [0.5, 0.6) is 0 Å². The smallest absolute Gasteiger partial charge is 0.328 e. The molecule has 2 unspecified atom stereocenters. The summed E-state index contributed by atoms with van der Waals surface area (Å²) in [7, 11) is 1.86. The van der Waals surface area contributed by atoms with Crippen molar-refractivity contribution in [3.05, 3.63) is 29.8 Å². The van der Waals surface area contributed by atoms with Crippen LogP contribution in [0.1, 0.15) is 45.6 Å². The van der Waals surface area contributed by atoms with Crippen molar-refractivity contribution >= 4 is 30.0 Å². The van der Waals surface area contributed by atoms with E-state index >= 15 is 0 Å². The van der Waals surface area contributed by atoms with Crippen molar-refractivity contribution in [3.8, 4) is 0 Å². The van der Waals surface area contributed by atoms with Gasteiger partial charge in [-0.2, -0.15) is 0 Å². The van der Waals surface area contributed by atoms with Gasteiger partial charge in [-0.1, -0.05) is 18.2 Å². The summed E-state index contributed by atoms with van der Waals surface area (Å²) in [5, 5.41) is 8.34. The molecule has 1 aliphatic heterocycles. The fourth-order valence-electron chi connectivity index (χ4n) is 4.03. The lowest BCUT2D eigenvalue weighted by molar-refractivity contribution is -0.145. The van der Waals surface area contributed by atoms with Crippen LogP contribution in [-0.2, 0) is 25.7 Å². The molecule has 0 bridgehead atoms. The summed E-state index contributed by atoms with van der Waals surface area (Å²) in [4.78, 5) is 51.8. The molecule has 0 saturated carbocycles. The Morgan fingerprint density at radius 1 is 1.18 bits per heavy atom. The number of para-hydroxylation sites is 1. The molecule has 4 amide bonds. The number of amides is 4. The first-order valence-corrected chi connectivity index (χ1v) is 11.8. The number of nitrogens with one attached hydrogen (secondary N) is 3. The van der Waals surface area contributed by atoms with E-state index in [1.165, 1.54) is 6.92 Å². The average molecular weight is 476 g/mol. The number of hydrogen-bond donors (Lipinski definition) is 3. The molecule has 188 valence electrons. The minimum absolute atomic E-state index is 0.0529. The van der Waals surface area contributed by atoms with E-state index < -0.39 is 24.1 Å². The highest BCUT2D eigenvalue weighted by molar-refractivity contribution is 5.84. The molecule has 0 aromatic heterocycles. The third-order valence-corrected chi connectivity index (χ3v) is 5.91. The van der Waals surface area contributed by atoms with Crippen molar-refractivity contribution in [3.63, 3.8) is 0 Å². The van der Waals surface area contributed by atoms with Crippen LogP contribution in [0.2, 0.25) is 0 Å². The highest BCUT2D eigenvalue weighted by Crippen LogP contribution is 2.22. The van der Waals surface area contributed by atoms with Crippen molar-refractivity contribution in [2.75, 3.05) is 32.1 Å². The number of esters is 1. The highest BCUT2D eigenvalue weighted by Gasteiger charge is 2.28. The van der Waals surface area contributed by atoms with E-state index in [-0.39, 0.29) is 25.0 Å². The lowest BCUT2D eigenvalue weighted by Crippen LogP contribution is -2.50. The van der Waals surface area contributed by atoms with E-state index in [0.717, 1.165) is 17.7 Å². The Morgan fingerprint density at radius 3 is 2.47 bits per heavy atom. The minimum Gasteiger partial charge on any atom is -0.464 e. The number of carbonyl (C=O) groups excluding carboxylic acids is 4. The topological polar surface area (TPSA) is 120 Å². The van der Waals surface area contributed by atoms with Crippen LogP contribution in [0.3, 0.4) is 0 Å². The number of rotatable bonds is 11. The van der Waals surface area contributed by atoms with Gasteiger partial charge in [0.25, 0.3) is 0 Å². The summed E-state index contributed by atoms with van der Waals surface area (Å²) in [5.74, 6) is -0.564. The molecule has 1 heterocycles. The summed E-state index contributed by atoms with van der Waals surface area (Å²) < 4.78 is 4.86. The second-order valence-corrected chi connectivity index (χ2v) is 8.49. The largest absolute Gasteiger partial charge is 0.464 e. The number of urea groups is 1. The number of piperidine rings is 1. The SMILES string of the molecule is CCOC(=O)C(C)NC(=O)NC(C)CC(=O)N1CCC(N(C=O)Cc2ccccc2NC)CC1. The molecule has 0 aliphatic carbocycles. The van der Waals surface area contributed by atoms with Crippen LogP contribution >= 0.6 is 0 Å². The number of ether oxygens (including phenoxy) is 1. The van der Waals surface area contributed by atoms with Crippen molar-refractivity contribution in [1.29, 1.82) is 0 Å². The van der Waals surface area contributed by atoms with E-state index in [2.05, 4.69) is 16.0 Å². The second kappa shape index (κ2) is 13.4. The van der Waals surface area contributed by atoms with Crippen molar-refractivity contribution in [2.24, 2.45) is 0 Å². The molecule has 1 saturated heterocycles. The third-order valence-electron chi connectivity index (χ3n) is 5.91. The third kappa shape index (κ3) is 7.93. The van der Waals surface area contributed by atoms with Gasteiger partial charge in [0.05, 0.1) is 6.61 Å². The zero-order chi connectivity index (χ0) is 25.1. The maximum Gasteiger partial charge on any atom is 0.328 e. The first kappa shape index (κ1) is 26.9. The van der Waals surface area contributed by atoms with Gasteiger partial charge in [0, 0.05) is 50.9 Å². The van der Waals surface area contributed by atoms with Gasteiger partial charge in [-0.3, -0.25) is 9.59 Å². The van der Waals surface area contributed by atoms with Crippen molar-refractivity contribution < 1.29 is 23.9 Å². The lowest BCUT2D eigenvalue weighted by Gasteiger charge is -2.37. The van der Waals surface area contributed by atoms with Gasteiger partial charge in [0.1, 0.15) is 6.04 Å². The molecular weight excluding hydrogens is 438 g/mol. The molecular formula is C24H37N5O5. The Morgan fingerprint density at radius 2 is 1.85 bits per heavy atom. The van der Waals surface area contributed by atoms with Crippen LogP contribution in [0.25, 0.3) is 0 Å². The van der Waals surface area contributed by atoms with E-state index in [9.17, 15) is 19.2 Å².